The zero-order chi connectivity index (χ0) is 25.1. The SMILES string of the molecule is CN1CCC(NC(=O)Nc2ccccc2CCc2cc(C(C)(C)C)c(O)c(C(C)(C)C)c2)CC1. The van der Waals surface area contributed by atoms with Gasteiger partial charge in [0.1, 0.15) is 5.75 Å². The summed E-state index contributed by atoms with van der Waals surface area (Å²) in [6.07, 6.45) is 3.61. The monoisotopic (exact) mass is 465 g/mol. The summed E-state index contributed by atoms with van der Waals surface area (Å²) >= 11 is 0. The highest BCUT2D eigenvalue weighted by molar-refractivity contribution is 5.90. The second-order valence-electron chi connectivity index (χ2n) is 11.9. The number of carbonyl (C=O) groups is 1. The minimum Gasteiger partial charge on any atom is -0.507 e. The number of hydrogen-bond donors (Lipinski definition) is 3. The van der Waals surface area contributed by atoms with Gasteiger partial charge in [0.25, 0.3) is 0 Å². The lowest BCUT2D eigenvalue weighted by molar-refractivity contribution is 0.221. The van der Waals surface area contributed by atoms with E-state index >= 15 is 0 Å². The maximum absolute atomic E-state index is 12.7. The molecular formula is C29H43N3O2. The molecule has 1 heterocycles. The van der Waals surface area contributed by atoms with Gasteiger partial charge in [-0.05, 0) is 85.0 Å². The third-order valence-electron chi connectivity index (χ3n) is 6.79. The minimum atomic E-state index is -0.147. The molecule has 1 aliphatic rings. The third kappa shape index (κ3) is 6.75. The summed E-state index contributed by atoms with van der Waals surface area (Å²) in [7, 11) is 2.12. The molecule has 0 atom stereocenters. The van der Waals surface area contributed by atoms with E-state index in [0.717, 1.165) is 61.2 Å². The number of benzene rings is 2. The number of piperidine rings is 1. The van der Waals surface area contributed by atoms with Crippen LogP contribution in [0.25, 0.3) is 0 Å². The molecule has 3 rings (SSSR count). The van der Waals surface area contributed by atoms with Gasteiger partial charge in [0.05, 0.1) is 0 Å². The van der Waals surface area contributed by atoms with Crippen molar-refractivity contribution in [1.29, 1.82) is 0 Å². The minimum absolute atomic E-state index is 0.128. The van der Waals surface area contributed by atoms with Crippen LogP contribution in [0, 0.1) is 0 Å². The van der Waals surface area contributed by atoms with Crippen molar-refractivity contribution in [3.05, 3.63) is 58.7 Å². The number of nitrogens with one attached hydrogen (secondary N) is 2. The summed E-state index contributed by atoms with van der Waals surface area (Å²) in [5.41, 5.74) is 4.86. The van der Waals surface area contributed by atoms with Crippen molar-refractivity contribution in [2.45, 2.75) is 84.1 Å². The van der Waals surface area contributed by atoms with Gasteiger partial charge in [-0.25, -0.2) is 4.79 Å². The van der Waals surface area contributed by atoms with E-state index in [0.29, 0.717) is 5.75 Å². The molecule has 0 bridgehead atoms. The average Bonchev–Trinajstić information content (AvgIpc) is 2.74. The van der Waals surface area contributed by atoms with E-state index in [1.807, 2.05) is 18.2 Å². The van der Waals surface area contributed by atoms with Gasteiger partial charge in [-0.3, -0.25) is 0 Å². The van der Waals surface area contributed by atoms with Crippen molar-refractivity contribution < 1.29 is 9.90 Å². The molecule has 0 saturated carbocycles. The molecule has 3 N–H and O–H groups in total. The molecule has 186 valence electrons. The van der Waals surface area contributed by atoms with E-state index < -0.39 is 0 Å². The van der Waals surface area contributed by atoms with Gasteiger partial charge in [-0.1, -0.05) is 71.9 Å². The fourth-order valence-corrected chi connectivity index (χ4v) is 4.62. The zero-order valence-corrected chi connectivity index (χ0v) is 22.1. The van der Waals surface area contributed by atoms with Gasteiger partial charge in [0.2, 0.25) is 0 Å². The summed E-state index contributed by atoms with van der Waals surface area (Å²) in [5, 5.41) is 17.2. The van der Waals surface area contributed by atoms with E-state index in [1.54, 1.807) is 0 Å². The normalized spacial score (nSPS) is 15.9. The van der Waals surface area contributed by atoms with Crippen molar-refractivity contribution >= 4 is 11.7 Å². The Balaban J connectivity index is 1.74. The Bertz CT molecular complexity index is 958. The van der Waals surface area contributed by atoms with Crippen LogP contribution in [0.1, 0.15) is 76.6 Å². The predicted octanol–water partition coefficient (Wildman–Crippen LogP) is 5.99. The van der Waals surface area contributed by atoms with Crippen LogP contribution in [0.3, 0.4) is 0 Å². The fourth-order valence-electron chi connectivity index (χ4n) is 4.62. The van der Waals surface area contributed by atoms with Crippen LogP contribution in [0.2, 0.25) is 0 Å². The summed E-state index contributed by atoms with van der Waals surface area (Å²) in [6, 6.07) is 12.4. The lowest BCUT2D eigenvalue weighted by Gasteiger charge is -2.29. The molecule has 5 nitrogen and oxygen atoms in total. The van der Waals surface area contributed by atoms with Crippen LogP contribution in [-0.2, 0) is 23.7 Å². The number of phenolic OH excluding ortho intramolecular Hbond substituents is 1. The molecule has 2 amide bonds. The van der Waals surface area contributed by atoms with Gasteiger partial charge in [-0.15, -0.1) is 0 Å². The zero-order valence-electron chi connectivity index (χ0n) is 22.1. The van der Waals surface area contributed by atoms with Crippen LogP contribution >= 0.6 is 0 Å². The smallest absolute Gasteiger partial charge is 0.319 e. The first-order chi connectivity index (χ1) is 15.8. The summed E-state index contributed by atoms with van der Waals surface area (Å²) in [5.74, 6) is 0.413. The van der Waals surface area contributed by atoms with Gasteiger partial charge >= 0.3 is 6.03 Å². The molecule has 0 aliphatic carbocycles. The first-order valence-electron chi connectivity index (χ1n) is 12.6. The van der Waals surface area contributed by atoms with Crippen molar-refractivity contribution in [3.8, 4) is 5.75 Å². The maximum Gasteiger partial charge on any atom is 0.319 e. The first kappa shape index (κ1) is 26.1. The van der Waals surface area contributed by atoms with Crippen LogP contribution in [-0.4, -0.2) is 42.2 Å². The summed E-state index contributed by atoms with van der Waals surface area (Å²) in [6.45, 7) is 14.9. The molecule has 1 aliphatic heterocycles. The Morgan fingerprint density at radius 1 is 0.971 bits per heavy atom. The second kappa shape index (κ2) is 10.4. The van der Waals surface area contributed by atoms with Crippen LogP contribution in [0.5, 0.6) is 5.75 Å². The number of hydrogen-bond acceptors (Lipinski definition) is 3. The fraction of sp³-hybridized carbons (Fsp3) is 0.552. The lowest BCUT2D eigenvalue weighted by Crippen LogP contribution is -2.44. The molecule has 0 unspecified atom stereocenters. The highest BCUT2D eigenvalue weighted by Crippen LogP contribution is 2.40. The molecule has 0 radical (unpaired) electrons. The second-order valence-corrected chi connectivity index (χ2v) is 11.9. The Kier molecular flexibility index (Phi) is 7.97. The number of likely N-dealkylation sites (tertiary alicyclic amines) is 1. The van der Waals surface area contributed by atoms with Crippen LogP contribution < -0.4 is 10.6 Å². The molecule has 0 aromatic heterocycles. The molecule has 5 heteroatoms. The van der Waals surface area contributed by atoms with Gasteiger partial charge < -0.3 is 20.6 Å². The molecule has 2 aromatic carbocycles. The number of nitrogens with zero attached hydrogens (tertiary/aromatic N) is 1. The maximum atomic E-state index is 12.7. The highest BCUT2D eigenvalue weighted by atomic mass is 16.3. The predicted molar refractivity (Wildman–Crippen MR) is 142 cm³/mol. The Labute approximate surface area is 206 Å². The third-order valence-corrected chi connectivity index (χ3v) is 6.79. The highest BCUT2D eigenvalue weighted by Gasteiger charge is 2.26. The molecular weight excluding hydrogens is 422 g/mol. The van der Waals surface area contributed by atoms with Crippen molar-refractivity contribution in [2.75, 3.05) is 25.5 Å². The Hall–Kier alpha value is -2.53. The summed E-state index contributed by atoms with van der Waals surface area (Å²) in [4.78, 5) is 15.0. The number of urea groups is 1. The number of carbonyl (C=O) groups excluding carboxylic acids is 1. The molecule has 0 spiro atoms. The Morgan fingerprint density at radius 3 is 2.09 bits per heavy atom. The van der Waals surface area contributed by atoms with Crippen molar-refractivity contribution in [1.82, 2.24) is 10.2 Å². The molecule has 2 aromatic rings. The van der Waals surface area contributed by atoms with Crippen molar-refractivity contribution in [3.63, 3.8) is 0 Å². The average molecular weight is 466 g/mol. The quantitative estimate of drug-likeness (QED) is 0.508. The number of para-hydroxylation sites is 1. The molecule has 34 heavy (non-hydrogen) atoms. The molecule has 1 saturated heterocycles. The largest absolute Gasteiger partial charge is 0.507 e. The van der Waals surface area contributed by atoms with Gasteiger partial charge in [0.15, 0.2) is 0 Å². The number of phenols is 1. The van der Waals surface area contributed by atoms with Crippen LogP contribution in [0.15, 0.2) is 36.4 Å². The first-order valence-corrected chi connectivity index (χ1v) is 12.6. The van der Waals surface area contributed by atoms with E-state index in [4.69, 9.17) is 0 Å². The van der Waals surface area contributed by atoms with Crippen LogP contribution in [0.4, 0.5) is 10.5 Å². The van der Waals surface area contributed by atoms with E-state index in [9.17, 15) is 9.90 Å². The topological polar surface area (TPSA) is 64.6 Å². The van der Waals surface area contributed by atoms with Gasteiger partial charge in [-0.2, -0.15) is 0 Å². The number of aromatic hydroxyl groups is 1. The number of anilines is 1. The summed E-state index contributed by atoms with van der Waals surface area (Å²) < 4.78 is 0. The standard InChI is InChI=1S/C29H43N3O2/c1-28(2,3)23-18-20(19-24(26(23)33)29(4,5)6)12-13-21-10-8-9-11-25(21)31-27(34)30-22-14-16-32(7)17-15-22/h8-11,18-19,22,33H,12-17H2,1-7H3,(H2,30,31,34). The van der Waals surface area contributed by atoms with E-state index in [1.165, 1.54) is 5.56 Å². The number of amides is 2. The Morgan fingerprint density at radius 2 is 1.53 bits per heavy atom. The van der Waals surface area contributed by atoms with Crippen molar-refractivity contribution in [2.24, 2.45) is 0 Å². The number of rotatable bonds is 5. The molecule has 1 fully saturated rings. The van der Waals surface area contributed by atoms with E-state index in [2.05, 4.69) is 82.3 Å². The van der Waals surface area contributed by atoms with E-state index in [-0.39, 0.29) is 22.9 Å². The van der Waals surface area contributed by atoms with Gasteiger partial charge in [0, 0.05) is 11.7 Å². The lowest BCUT2D eigenvalue weighted by atomic mass is 9.78. The number of aryl methyl sites for hydroxylation is 2.